The van der Waals surface area contributed by atoms with Crippen molar-refractivity contribution in [2.45, 2.75) is 4.90 Å². The zero-order chi connectivity index (χ0) is 23.4. The number of hydrogen-bond acceptors (Lipinski definition) is 6. The number of anilines is 1. The maximum Gasteiger partial charge on any atom is 0.338 e. The van der Waals surface area contributed by atoms with Gasteiger partial charge in [0.2, 0.25) is 0 Å². The molecule has 11 heteroatoms. The highest BCUT2D eigenvalue weighted by Gasteiger charge is 2.16. The summed E-state index contributed by atoms with van der Waals surface area (Å²) in [6.07, 6.45) is 0. The number of aromatic nitrogens is 2. The third-order valence-electron chi connectivity index (χ3n) is 4.58. The number of nitrogens with one attached hydrogen (secondary N) is 3. The van der Waals surface area contributed by atoms with Crippen LogP contribution in [0.2, 0.25) is 5.02 Å². The minimum absolute atomic E-state index is 0.0160. The van der Waals surface area contributed by atoms with Crippen molar-refractivity contribution < 1.29 is 22.7 Å². The number of aromatic amines is 2. The Morgan fingerprint density at radius 2 is 1.67 bits per heavy atom. The van der Waals surface area contributed by atoms with Crippen molar-refractivity contribution in [3.63, 3.8) is 0 Å². The molecule has 0 radical (unpaired) electrons. The molecule has 4 aromatic rings. The van der Waals surface area contributed by atoms with Gasteiger partial charge in [0.15, 0.2) is 0 Å². The van der Waals surface area contributed by atoms with E-state index in [2.05, 4.69) is 14.7 Å². The maximum absolute atomic E-state index is 12.7. The minimum atomic E-state index is -3.91. The van der Waals surface area contributed by atoms with Gasteiger partial charge in [-0.15, -0.1) is 0 Å². The predicted molar refractivity (Wildman–Crippen MR) is 123 cm³/mol. The summed E-state index contributed by atoms with van der Waals surface area (Å²) in [5, 5.41) is 0.461. The van der Waals surface area contributed by atoms with E-state index in [1.165, 1.54) is 42.5 Å². The number of para-hydroxylation sites is 1. The summed E-state index contributed by atoms with van der Waals surface area (Å²) in [5.41, 5.74) is 0.960. The summed E-state index contributed by atoms with van der Waals surface area (Å²) in [6.45, 7) is 0.145. The number of ether oxygens (including phenoxy) is 2. The summed E-state index contributed by atoms with van der Waals surface area (Å²) in [5.74, 6) is -0.0807. The highest BCUT2D eigenvalue weighted by molar-refractivity contribution is 7.92. The van der Waals surface area contributed by atoms with Crippen molar-refractivity contribution in [3.8, 4) is 5.75 Å². The second-order valence-electron chi connectivity index (χ2n) is 6.88. The van der Waals surface area contributed by atoms with Gasteiger partial charge in [0.05, 0.1) is 26.5 Å². The van der Waals surface area contributed by atoms with Crippen LogP contribution in [-0.4, -0.2) is 37.6 Å². The zero-order valence-electron chi connectivity index (χ0n) is 17.0. The first-order chi connectivity index (χ1) is 15.8. The van der Waals surface area contributed by atoms with Gasteiger partial charge in [-0.05, 0) is 54.6 Å². The summed E-state index contributed by atoms with van der Waals surface area (Å²) in [6, 6.07) is 17.0. The third kappa shape index (κ3) is 5.36. The van der Waals surface area contributed by atoms with Crippen LogP contribution in [0.4, 0.5) is 5.69 Å². The van der Waals surface area contributed by atoms with Crippen LogP contribution in [0.1, 0.15) is 10.4 Å². The summed E-state index contributed by atoms with van der Waals surface area (Å²) < 4.78 is 38.4. The first-order valence-corrected chi connectivity index (χ1v) is 11.6. The normalized spacial score (nSPS) is 11.3. The van der Waals surface area contributed by atoms with Gasteiger partial charge in [0.25, 0.3) is 10.0 Å². The number of esters is 1. The molecule has 33 heavy (non-hydrogen) atoms. The molecular formula is C22H18ClN3O6S. The van der Waals surface area contributed by atoms with E-state index >= 15 is 0 Å². The van der Waals surface area contributed by atoms with Crippen LogP contribution in [-0.2, 0) is 14.8 Å². The van der Waals surface area contributed by atoms with Crippen molar-refractivity contribution in [1.82, 2.24) is 9.97 Å². The number of halogens is 1. The second-order valence-corrected chi connectivity index (χ2v) is 8.97. The highest BCUT2D eigenvalue weighted by Crippen LogP contribution is 2.23. The minimum Gasteiger partial charge on any atom is -0.488 e. The highest BCUT2D eigenvalue weighted by atomic mass is 35.5. The first kappa shape index (κ1) is 22.4. The molecule has 9 nitrogen and oxygen atoms in total. The largest absolute Gasteiger partial charge is 0.488 e. The molecular weight excluding hydrogens is 470 g/mol. The van der Waals surface area contributed by atoms with Gasteiger partial charge in [-0.25, -0.2) is 18.0 Å². The number of rotatable bonds is 8. The van der Waals surface area contributed by atoms with Crippen LogP contribution in [0.15, 0.2) is 76.4 Å². The molecule has 0 fully saturated rings. The van der Waals surface area contributed by atoms with Crippen LogP contribution in [0, 0.1) is 0 Å². The molecule has 3 N–H and O–H groups in total. The van der Waals surface area contributed by atoms with E-state index in [1.807, 2.05) is 0 Å². The van der Waals surface area contributed by atoms with E-state index in [9.17, 15) is 18.0 Å². The van der Waals surface area contributed by atoms with E-state index in [-0.39, 0.29) is 29.4 Å². The second kappa shape index (κ2) is 9.39. The van der Waals surface area contributed by atoms with E-state index in [0.717, 1.165) is 0 Å². The fraction of sp³-hybridized carbons (Fsp3) is 0.0909. The number of hydrogen-bond donors (Lipinski definition) is 3. The van der Waals surface area contributed by atoms with Gasteiger partial charge in [0.1, 0.15) is 19.0 Å². The fourth-order valence-electron chi connectivity index (χ4n) is 3.00. The Morgan fingerprint density at radius 1 is 0.939 bits per heavy atom. The Morgan fingerprint density at radius 3 is 2.42 bits per heavy atom. The van der Waals surface area contributed by atoms with Crippen LogP contribution in [0.5, 0.6) is 5.75 Å². The molecule has 0 aliphatic carbocycles. The molecule has 0 aliphatic rings. The topological polar surface area (TPSA) is 130 Å². The molecule has 0 spiro atoms. The Hall–Kier alpha value is -3.76. The Balaban J connectivity index is 1.34. The third-order valence-corrected chi connectivity index (χ3v) is 6.27. The van der Waals surface area contributed by atoms with E-state index < -0.39 is 21.7 Å². The average Bonchev–Trinajstić information content (AvgIpc) is 3.17. The van der Waals surface area contributed by atoms with Crippen molar-refractivity contribution in [3.05, 3.63) is 87.8 Å². The van der Waals surface area contributed by atoms with Crippen molar-refractivity contribution in [1.29, 1.82) is 0 Å². The summed E-state index contributed by atoms with van der Waals surface area (Å²) in [4.78, 5) is 28.6. The molecule has 3 aromatic carbocycles. The maximum atomic E-state index is 12.7. The fourth-order valence-corrected chi connectivity index (χ4v) is 4.27. The average molecular weight is 488 g/mol. The molecule has 0 atom stereocenters. The molecule has 0 bridgehead atoms. The van der Waals surface area contributed by atoms with Crippen LogP contribution in [0.25, 0.3) is 11.0 Å². The number of imidazole rings is 1. The summed E-state index contributed by atoms with van der Waals surface area (Å²) in [7, 11) is -3.91. The monoisotopic (exact) mass is 487 g/mol. The number of sulfonamides is 1. The summed E-state index contributed by atoms with van der Waals surface area (Å²) >= 11 is 5.99. The lowest BCUT2D eigenvalue weighted by Gasteiger charge is -2.10. The van der Waals surface area contributed by atoms with Crippen LogP contribution < -0.4 is 15.1 Å². The quantitative estimate of drug-likeness (QED) is 0.257. The molecule has 0 saturated carbocycles. The molecule has 0 unspecified atom stereocenters. The van der Waals surface area contributed by atoms with Gasteiger partial charge in [-0.2, -0.15) is 0 Å². The van der Waals surface area contributed by atoms with Crippen molar-refractivity contribution in [2.24, 2.45) is 0 Å². The molecule has 0 amide bonds. The number of fused-ring (bicyclic) bond motifs is 1. The number of carbonyl (C=O) groups is 1. The van der Waals surface area contributed by atoms with Crippen molar-refractivity contribution >= 4 is 44.3 Å². The number of H-pyrrole nitrogens is 2. The Kier molecular flexibility index (Phi) is 6.38. The van der Waals surface area contributed by atoms with Gasteiger partial charge in [-0.3, -0.25) is 4.72 Å². The lowest BCUT2D eigenvalue weighted by Crippen LogP contribution is -2.14. The number of carbonyl (C=O) groups excluding carboxylic acids is 1. The van der Waals surface area contributed by atoms with Gasteiger partial charge < -0.3 is 19.4 Å². The SMILES string of the molecule is O=C(OCCOc1ccccc1Cl)c1ccc(NS(=O)(=O)c2ccc3[nH]c(=O)[nH]c3c2)cc1. The van der Waals surface area contributed by atoms with Crippen LogP contribution in [0.3, 0.4) is 0 Å². The number of benzene rings is 3. The van der Waals surface area contributed by atoms with Gasteiger partial charge in [0, 0.05) is 5.69 Å². The Bertz CT molecular complexity index is 1460. The standard InChI is InChI=1S/C22H18ClN3O6S/c23-17-3-1-2-4-20(17)31-11-12-32-21(27)14-5-7-15(8-6-14)26-33(29,30)16-9-10-18-19(13-16)25-22(28)24-18/h1-10,13,26H,11-12H2,(H2,24,25,28). The molecule has 1 heterocycles. The molecule has 0 aliphatic heterocycles. The predicted octanol–water partition coefficient (Wildman–Crippen LogP) is 3.55. The smallest absolute Gasteiger partial charge is 0.338 e. The van der Waals surface area contributed by atoms with E-state index in [0.29, 0.717) is 21.8 Å². The van der Waals surface area contributed by atoms with Gasteiger partial charge in [-0.1, -0.05) is 23.7 Å². The molecule has 0 saturated heterocycles. The zero-order valence-corrected chi connectivity index (χ0v) is 18.6. The first-order valence-electron chi connectivity index (χ1n) is 9.71. The molecule has 4 rings (SSSR count). The van der Waals surface area contributed by atoms with E-state index in [1.54, 1.807) is 24.3 Å². The molecule has 1 aromatic heterocycles. The van der Waals surface area contributed by atoms with Gasteiger partial charge >= 0.3 is 11.7 Å². The van der Waals surface area contributed by atoms with Crippen molar-refractivity contribution in [2.75, 3.05) is 17.9 Å². The van der Waals surface area contributed by atoms with E-state index in [4.69, 9.17) is 21.1 Å². The lowest BCUT2D eigenvalue weighted by atomic mass is 10.2. The lowest BCUT2D eigenvalue weighted by molar-refractivity contribution is 0.0450. The van der Waals surface area contributed by atoms with Crippen LogP contribution >= 0.6 is 11.6 Å². The molecule has 170 valence electrons. The Labute approximate surface area is 193 Å².